The topological polar surface area (TPSA) is 28.2 Å². The van der Waals surface area contributed by atoms with Crippen LogP contribution in [-0.2, 0) is 0 Å². The molecule has 2 heterocycles. The number of hydrogen-bond donors (Lipinski definition) is 1. The molecule has 4 heteroatoms. The number of pyridine rings is 1. The second-order valence-corrected chi connectivity index (χ2v) is 7.75. The standard InChI is InChI=1S/C24H21N3S/c28-24(27-13-12-20(16-27)17-6-2-1-3-7-17)25-21-11-10-19-14-18-8-4-5-9-22(18)26-23(19)15-21/h1-11,14-15,20H,12-13,16H2,(H,25,28)/t20-/m0/s1. The Balaban J connectivity index is 1.33. The quantitative estimate of drug-likeness (QED) is 0.362. The van der Waals surface area contributed by atoms with Crippen LogP contribution in [0.2, 0.25) is 0 Å². The molecule has 1 saturated heterocycles. The highest BCUT2D eigenvalue weighted by Crippen LogP contribution is 2.28. The molecular formula is C24H21N3S. The third-order valence-electron chi connectivity index (χ3n) is 5.52. The Kier molecular flexibility index (Phi) is 4.41. The van der Waals surface area contributed by atoms with Crippen LogP contribution in [-0.4, -0.2) is 28.1 Å². The minimum Gasteiger partial charge on any atom is -0.348 e. The van der Waals surface area contributed by atoms with E-state index in [0.29, 0.717) is 5.92 Å². The SMILES string of the molecule is S=C(Nc1ccc2cc3ccccc3nc2c1)N1CC[C@H](c2ccccc2)C1. The van der Waals surface area contributed by atoms with Crippen LogP contribution in [0.4, 0.5) is 5.69 Å². The van der Waals surface area contributed by atoms with Gasteiger partial charge in [0.15, 0.2) is 5.11 Å². The molecule has 1 atom stereocenters. The van der Waals surface area contributed by atoms with Gasteiger partial charge in [-0.1, -0.05) is 54.6 Å². The average Bonchev–Trinajstić information content (AvgIpc) is 3.23. The Morgan fingerprint density at radius 3 is 2.57 bits per heavy atom. The molecule has 0 amide bonds. The minimum absolute atomic E-state index is 0.547. The van der Waals surface area contributed by atoms with Crippen LogP contribution in [0.5, 0.6) is 0 Å². The van der Waals surface area contributed by atoms with Crippen molar-refractivity contribution in [3.8, 4) is 0 Å². The van der Waals surface area contributed by atoms with E-state index in [2.05, 4.69) is 70.9 Å². The van der Waals surface area contributed by atoms with E-state index in [4.69, 9.17) is 17.2 Å². The van der Waals surface area contributed by atoms with E-state index in [1.807, 2.05) is 18.2 Å². The molecule has 0 spiro atoms. The zero-order valence-electron chi connectivity index (χ0n) is 15.5. The van der Waals surface area contributed by atoms with Crippen molar-refractivity contribution >= 4 is 44.8 Å². The van der Waals surface area contributed by atoms with Crippen molar-refractivity contribution < 1.29 is 0 Å². The number of para-hydroxylation sites is 1. The Hall–Kier alpha value is -2.98. The predicted octanol–water partition coefficient (Wildman–Crippen LogP) is 5.57. The molecule has 0 saturated carbocycles. The van der Waals surface area contributed by atoms with Gasteiger partial charge in [0.25, 0.3) is 0 Å². The van der Waals surface area contributed by atoms with E-state index in [1.165, 1.54) is 5.56 Å². The molecule has 3 nitrogen and oxygen atoms in total. The summed E-state index contributed by atoms with van der Waals surface area (Å²) >= 11 is 5.69. The van der Waals surface area contributed by atoms with Crippen molar-refractivity contribution in [1.29, 1.82) is 0 Å². The van der Waals surface area contributed by atoms with Crippen molar-refractivity contribution in [2.45, 2.75) is 12.3 Å². The highest BCUT2D eigenvalue weighted by molar-refractivity contribution is 7.80. The van der Waals surface area contributed by atoms with Crippen LogP contribution < -0.4 is 5.32 Å². The summed E-state index contributed by atoms with van der Waals surface area (Å²) < 4.78 is 0. The van der Waals surface area contributed by atoms with E-state index in [-0.39, 0.29) is 0 Å². The molecule has 4 aromatic rings. The Bertz CT molecular complexity index is 1160. The summed E-state index contributed by atoms with van der Waals surface area (Å²) in [7, 11) is 0. The molecular weight excluding hydrogens is 362 g/mol. The largest absolute Gasteiger partial charge is 0.348 e. The van der Waals surface area contributed by atoms with Crippen LogP contribution in [0, 0.1) is 0 Å². The molecule has 1 aromatic heterocycles. The average molecular weight is 384 g/mol. The number of nitrogens with zero attached hydrogens (tertiary/aromatic N) is 2. The van der Waals surface area contributed by atoms with Gasteiger partial charge < -0.3 is 10.2 Å². The molecule has 3 aromatic carbocycles. The van der Waals surface area contributed by atoms with E-state index < -0.39 is 0 Å². The van der Waals surface area contributed by atoms with Gasteiger partial charge in [0.2, 0.25) is 0 Å². The predicted molar refractivity (Wildman–Crippen MR) is 121 cm³/mol. The van der Waals surface area contributed by atoms with Gasteiger partial charge >= 0.3 is 0 Å². The maximum absolute atomic E-state index is 5.69. The first kappa shape index (κ1) is 17.1. The van der Waals surface area contributed by atoms with E-state index in [0.717, 1.165) is 52.1 Å². The molecule has 28 heavy (non-hydrogen) atoms. The van der Waals surface area contributed by atoms with Crippen molar-refractivity contribution in [1.82, 2.24) is 9.88 Å². The lowest BCUT2D eigenvalue weighted by Crippen LogP contribution is -2.32. The monoisotopic (exact) mass is 383 g/mol. The summed E-state index contributed by atoms with van der Waals surface area (Å²) in [5.41, 5.74) is 4.38. The van der Waals surface area contributed by atoms with Gasteiger partial charge in [0.05, 0.1) is 11.0 Å². The van der Waals surface area contributed by atoms with E-state index in [1.54, 1.807) is 0 Å². The first-order valence-electron chi connectivity index (χ1n) is 9.67. The van der Waals surface area contributed by atoms with Crippen LogP contribution in [0.1, 0.15) is 17.9 Å². The van der Waals surface area contributed by atoms with Crippen molar-refractivity contribution in [3.05, 3.63) is 84.4 Å². The lowest BCUT2D eigenvalue weighted by molar-refractivity contribution is 0.518. The maximum Gasteiger partial charge on any atom is 0.173 e. The zero-order chi connectivity index (χ0) is 18.9. The van der Waals surface area contributed by atoms with Gasteiger partial charge in [0, 0.05) is 35.5 Å². The Labute approximate surface area is 170 Å². The number of rotatable bonds is 2. The second-order valence-electron chi connectivity index (χ2n) is 7.36. The van der Waals surface area contributed by atoms with Gasteiger partial charge in [0.1, 0.15) is 0 Å². The molecule has 0 bridgehead atoms. The van der Waals surface area contributed by atoms with Gasteiger partial charge in [-0.2, -0.15) is 0 Å². The van der Waals surface area contributed by atoms with E-state index in [9.17, 15) is 0 Å². The number of thiocarbonyl (C=S) groups is 1. The minimum atomic E-state index is 0.547. The first-order chi connectivity index (χ1) is 13.8. The summed E-state index contributed by atoms with van der Waals surface area (Å²) in [6, 6.07) is 27.4. The second kappa shape index (κ2) is 7.21. The lowest BCUT2D eigenvalue weighted by atomic mass is 9.99. The summed E-state index contributed by atoms with van der Waals surface area (Å²) in [5, 5.41) is 6.51. The fourth-order valence-electron chi connectivity index (χ4n) is 3.99. The fraction of sp³-hybridized carbons (Fsp3) is 0.167. The van der Waals surface area contributed by atoms with Crippen molar-refractivity contribution in [2.24, 2.45) is 0 Å². The van der Waals surface area contributed by atoms with Crippen molar-refractivity contribution in [2.75, 3.05) is 18.4 Å². The molecule has 0 unspecified atom stereocenters. The summed E-state index contributed by atoms with van der Waals surface area (Å²) in [4.78, 5) is 7.07. The number of benzene rings is 3. The molecule has 1 N–H and O–H groups in total. The van der Waals surface area contributed by atoms with Gasteiger partial charge in [-0.15, -0.1) is 0 Å². The summed E-state index contributed by atoms with van der Waals surface area (Å²) in [6.07, 6.45) is 1.14. The van der Waals surface area contributed by atoms with Crippen LogP contribution in [0.15, 0.2) is 78.9 Å². The number of aromatic nitrogens is 1. The zero-order valence-corrected chi connectivity index (χ0v) is 16.3. The molecule has 1 aliphatic heterocycles. The third kappa shape index (κ3) is 3.32. The van der Waals surface area contributed by atoms with Gasteiger partial charge in [-0.25, -0.2) is 4.98 Å². The van der Waals surface area contributed by atoms with Crippen LogP contribution in [0.25, 0.3) is 21.8 Å². The molecule has 138 valence electrons. The Morgan fingerprint density at radius 2 is 1.68 bits per heavy atom. The molecule has 0 aliphatic carbocycles. The molecule has 5 rings (SSSR count). The van der Waals surface area contributed by atoms with E-state index >= 15 is 0 Å². The number of anilines is 1. The third-order valence-corrected chi connectivity index (χ3v) is 5.88. The van der Waals surface area contributed by atoms with Crippen molar-refractivity contribution in [3.63, 3.8) is 0 Å². The van der Waals surface area contributed by atoms with Crippen LogP contribution >= 0.6 is 12.2 Å². The summed E-state index contributed by atoms with van der Waals surface area (Å²) in [5.74, 6) is 0.547. The first-order valence-corrected chi connectivity index (χ1v) is 10.1. The number of fused-ring (bicyclic) bond motifs is 2. The lowest BCUT2D eigenvalue weighted by Gasteiger charge is -2.21. The number of nitrogens with one attached hydrogen (secondary N) is 1. The highest BCUT2D eigenvalue weighted by Gasteiger charge is 2.25. The maximum atomic E-state index is 5.69. The smallest absolute Gasteiger partial charge is 0.173 e. The van der Waals surface area contributed by atoms with Gasteiger partial charge in [-0.05, 0) is 48.5 Å². The number of likely N-dealkylation sites (tertiary alicyclic amines) is 1. The Morgan fingerprint density at radius 1 is 0.893 bits per heavy atom. The number of hydrogen-bond acceptors (Lipinski definition) is 2. The molecule has 1 aliphatic rings. The summed E-state index contributed by atoms with van der Waals surface area (Å²) in [6.45, 7) is 1.95. The van der Waals surface area contributed by atoms with Crippen LogP contribution in [0.3, 0.4) is 0 Å². The van der Waals surface area contributed by atoms with Gasteiger partial charge in [-0.3, -0.25) is 0 Å². The highest BCUT2D eigenvalue weighted by atomic mass is 32.1. The normalized spacial score (nSPS) is 16.6. The molecule has 1 fully saturated rings. The fourth-order valence-corrected chi connectivity index (χ4v) is 4.28. The molecule has 0 radical (unpaired) electrons.